The van der Waals surface area contributed by atoms with Crippen LogP contribution >= 0.6 is 27.5 Å². The van der Waals surface area contributed by atoms with Gasteiger partial charge in [-0.2, -0.15) is 9.78 Å². The number of fused-ring (bicyclic) bond motifs is 1. The fraction of sp³-hybridized carbons (Fsp3) is 0.360. The Balaban J connectivity index is 1.79. The highest BCUT2D eigenvalue weighted by molar-refractivity contribution is 9.10. The second kappa shape index (κ2) is 11.4. The minimum atomic E-state index is -1.11. The van der Waals surface area contributed by atoms with Crippen molar-refractivity contribution in [3.05, 3.63) is 71.7 Å². The molecule has 3 aromatic rings. The number of halogens is 2. The van der Waals surface area contributed by atoms with Gasteiger partial charge in [0.1, 0.15) is 5.82 Å². The zero-order valence-corrected chi connectivity index (χ0v) is 22.5. The first-order valence-electron chi connectivity index (χ1n) is 11.7. The Bertz CT molecular complexity index is 1450. The lowest BCUT2D eigenvalue weighted by molar-refractivity contribution is -0.386. The van der Waals surface area contributed by atoms with Crippen molar-refractivity contribution in [1.82, 2.24) is 9.66 Å². The number of hydrogen-bond donors (Lipinski definition) is 0. The molecule has 1 heterocycles. The summed E-state index contributed by atoms with van der Waals surface area (Å²) in [5.41, 5.74) is 0.0615. The molecule has 0 aliphatic heterocycles. The van der Waals surface area contributed by atoms with E-state index in [1.54, 1.807) is 12.1 Å². The van der Waals surface area contributed by atoms with E-state index in [1.165, 1.54) is 37.1 Å². The third-order valence-electron chi connectivity index (χ3n) is 6.20. The lowest BCUT2D eigenvalue weighted by Crippen LogP contribution is -2.25. The highest BCUT2D eigenvalue weighted by Gasteiger charge is 2.26. The molecule has 10 nitrogen and oxygen atoms in total. The molecular weight excluding hydrogens is 568 g/mol. The van der Waals surface area contributed by atoms with E-state index in [1.807, 2.05) is 6.07 Å². The minimum absolute atomic E-state index is 0.0696. The van der Waals surface area contributed by atoms with Gasteiger partial charge in [0.15, 0.2) is 6.10 Å². The molecule has 0 unspecified atom stereocenters. The van der Waals surface area contributed by atoms with E-state index < -0.39 is 22.7 Å². The van der Waals surface area contributed by atoms with Crippen molar-refractivity contribution >= 4 is 56.3 Å². The summed E-state index contributed by atoms with van der Waals surface area (Å²) in [5.74, 6) is -0.344. The standard InChI is InChI=1S/C25H24BrClN4O6/c1-14(25(33)36-2)37-22-19(27)10-15(11-21(22)31(34)35)13-28-30-23(16-6-4-3-5-7-16)29-20-9-8-17(26)12-18(20)24(30)32/h8-14,16H,3-7H2,1-2H3/t14-/m0/s1. The number of esters is 1. The van der Waals surface area contributed by atoms with E-state index in [9.17, 15) is 19.7 Å². The number of carbonyl (C=O) groups excluding carboxylic acids is 1. The maximum absolute atomic E-state index is 13.5. The zero-order chi connectivity index (χ0) is 26.7. The van der Waals surface area contributed by atoms with Gasteiger partial charge in [0, 0.05) is 22.0 Å². The van der Waals surface area contributed by atoms with E-state index in [2.05, 4.69) is 25.8 Å². The number of nitro groups is 1. The molecule has 1 aromatic heterocycles. The molecule has 0 spiro atoms. The number of hydrogen-bond acceptors (Lipinski definition) is 8. The van der Waals surface area contributed by atoms with Crippen LogP contribution < -0.4 is 10.3 Å². The SMILES string of the molecule is COC(=O)[C@H](C)Oc1c(Cl)cc(C=Nn2c(C3CCCCC3)nc3ccc(Br)cc3c2=O)cc1[N+](=O)[O-]. The molecule has 0 radical (unpaired) electrons. The number of aromatic nitrogens is 2. The Kier molecular flexibility index (Phi) is 8.23. The molecule has 1 aliphatic rings. The molecule has 1 atom stereocenters. The molecule has 12 heteroatoms. The lowest BCUT2D eigenvalue weighted by Gasteiger charge is -2.22. The van der Waals surface area contributed by atoms with Crippen LogP contribution in [0.3, 0.4) is 0 Å². The molecule has 4 rings (SSSR count). The number of rotatable bonds is 7. The van der Waals surface area contributed by atoms with Gasteiger partial charge in [0.2, 0.25) is 5.75 Å². The van der Waals surface area contributed by atoms with Crippen molar-refractivity contribution in [2.24, 2.45) is 5.10 Å². The number of carbonyl (C=O) groups is 1. The third-order valence-corrected chi connectivity index (χ3v) is 6.97. The molecule has 1 fully saturated rings. The van der Waals surface area contributed by atoms with Crippen LogP contribution in [-0.4, -0.2) is 40.0 Å². The number of benzene rings is 2. The van der Waals surface area contributed by atoms with Crippen LogP contribution in [0.25, 0.3) is 10.9 Å². The maximum Gasteiger partial charge on any atom is 0.346 e. The quantitative estimate of drug-likeness (QED) is 0.152. The van der Waals surface area contributed by atoms with E-state index in [0.717, 1.165) is 36.6 Å². The van der Waals surface area contributed by atoms with Gasteiger partial charge >= 0.3 is 11.7 Å². The summed E-state index contributed by atoms with van der Waals surface area (Å²) in [7, 11) is 1.18. The second-order valence-corrected chi connectivity index (χ2v) is 10.0. The predicted octanol–water partition coefficient (Wildman–Crippen LogP) is 5.59. The summed E-state index contributed by atoms with van der Waals surface area (Å²) in [6, 6.07) is 7.94. The van der Waals surface area contributed by atoms with Crippen molar-refractivity contribution in [2.45, 2.75) is 51.0 Å². The fourth-order valence-corrected chi connectivity index (χ4v) is 4.97. The molecular formula is C25H24BrClN4O6. The van der Waals surface area contributed by atoms with E-state index in [-0.39, 0.29) is 27.8 Å². The van der Waals surface area contributed by atoms with Gasteiger partial charge in [-0.1, -0.05) is 46.8 Å². The Morgan fingerprint density at radius 2 is 2.03 bits per heavy atom. The topological polar surface area (TPSA) is 126 Å². The zero-order valence-electron chi connectivity index (χ0n) is 20.1. The first-order chi connectivity index (χ1) is 17.7. The van der Waals surface area contributed by atoms with E-state index >= 15 is 0 Å². The largest absolute Gasteiger partial charge is 0.471 e. The average Bonchev–Trinajstić information content (AvgIpc) is 2.89. The molecule has 1 aliphatic carbocycles. The van der Waals surface area contributed by atoms with Crippen LogP contribution in [0.5, 0.6) is 5.75 Å². The van der Waals surface area contributed by atoms with Crippen molar-refractivity contribution in [3.63, 3.8) is 0 Å². The van der Waals surface area contributed by atoms with Gasteiger partial charge in [-0.3, -0.25) is 14.9 Å². The van der Waals surface area contributed by atoms with Crippen molar-refractivity contribution in [3.8, 4) is 5.75 Å². The normalized spacial score (nSPS) is 15.1. The summed E-state index contributed by atoms with van der Waals surface area (Å²) < 4.78 is 12.0. The second-order valence-electron chi connectivity index (χ2n) is 8.72. The molecule has 194 valence electrons. The van der Waals surface area contributed by atoms with Crippen molar-refractivity contribution < 1.29 is 19.2 Å². The average molecular weight is 592 g/mol. The van der Waals surface area contributed by atoms with Crippen LogP contribution in [0, 0.1) is 10.1 Å². The van der Waals surface area contributed by atoms with Crippen LogP contribution in [0.2, 0.25) is 5.02 Å². The van der Waals surface area contributed by atoms with Crippen LogP contribution in [0.15, 0.2) is 44.7 Å². The molecule has 0 N–H and O–H groups in total. The number of methoxy groups -OCH3 is 1. The molecule has 2 aromatic carbocycles. The lowest BCUT2D eigenvalue weighted by atomic mass is 9.88. The molecule has 37 heavy (non-hydrogen) atoms. The van der Waals surface area contributed by atoms with Crippen LogP contribution in [0.4, 0.5) is 5.69 Å². The minimum Gasteiger partial charge on any atom is -0.471 e. The molecule has 0 saturated heterocycles. The molecule has 0 bridgehead atoms. The Hall–Kier alpha value is -3.31. The smallest absolute Gasteiger partial charge is 0.346 e. The van der Waals surface area contributed by atoms with Gasteiger partial charge < -0.3 is 9.47 Å². The van der Waals surface area contributed by atoms with Crippen LogP contribution in [0.1, 0.15) is 56.3 Å². The summed E-state index contributed by atoms with van der Waals surface area (Å²) in [6.45, 7) is 1.39. The molecule has 0 amide bonds. The van der Waals surface area contributed by atoms with E-state index in [4.69, 9.17) is 21.3 Å². The summed E-state index contributed by atoms with van der Waals surface area (Å²) in [4.78, 5) is 41.0. The Morgan fingerprint density at radius 1 is 1.30 bits per heavy atom. The molecule has 1 saturated carbocycles. The van der Waals surface area contributed by atoms with Gasteiger partial charge in [0.25, 0.3) is 5.56 Å². The summed E-state index contributed by atoms with van der Waals surface area (Å²) in [6.07, 6.45) is 5.21. The summed E-state index contributed by atoms with van der Waals surface area (Å²) >= 11 is 9.70. The number of nitro benzene ring substituents is 1. The number of ether oxygens (including phenoxy) is 2. The van der Waals surface area contributed by atoms with Gasteiger partial charge in [-0.15, -0.1) is 0 Å². The Labute approximate surface area is 225 Å². The van der Waals surface area contributed by atoms with E-state index in [0.29, 0.717) is 16.7 Å². The van der Waals surface area contributed by atoms with Gasteiger partial charge in [0.05, 0.1) is 34.2 Å². The number of nitrogens with zero attached hydrogens (tertiary/aromatic N) is 4. The maximum atomic E-state index is 13.5. The van der Waals surface area contributed by atoms with Crippen LogP contribution in [-0.2, 0) is 9.53 Å². The predicted molar refractivity (Wildman–Crippen MR) is 143 cm³/mol. The van der Waals surface area contributed by atoms with Crippen molar-refractivity contribution in [2.75, 3.05) is 7.11 Å². The fourth-order valence-electron chi connectivity index (χ4n) is 4.34. The monoisotopic (exact) mass is 590 g/mol. The van der Waals surface area contributed by atoms with Gasteiger partial charge in [-0.25, -0.2) is 9.78 Å². The highest BCUT2D eigenvalue weighted by Crippen LogP contribution is 2.37. The highest BCUT2D eigenvalue weighted by atomic mass is 79.9. The first-order valence-corrected chi connectivity index (χ1v) is 12.9. The first kappa shape index (κ1) is 26.7. The third kappa shape index (κ3) is 5.83. The summed E-state index contributed by atoms with van der Waals surface area (Å²) in [5, 5.41) is 16.5. The van der Waals surface area contributed by atoms with Crippen molar-refractivity contribution in [1.29, 1.82) is 0 Å². The Morgan fingerprint density at radius 3 is 2.70 bits per heavy atom. The van der Waals surface area contributed by atoms with Gasteiger partial charge in [-0.05, 0) is 44.0 Å².